The zero-order valence-corrected chi connectivity index (χ0v) is 11.6. The van der Waals surface area contributed by atoms with Crippen LogP contribution in [0.4, 0.5) is 10.2 Å². The van der Waals surface area contributed by atoms with Crippen molar-refractivity contribution in [1.29, 1.82) is 0 Å². The van der Waals surface area contributed by atoms with Crippen molar-refractivity contribution < 1.29 is 4.39 Å². The van der Waals surface area contributed by atoms with E-state index in [1.54, 1.807) is 22.8 Å². The van der Waals surface area contributed by atoms with E-state index in [1.165, 1.54) is 12.1 Å². The van der Waals surface area contributed by atoms with Gasteiger partial charge in [0.15, 0.2) is 5.65 Å². The fraction of sp³-hybridized carbons (Fsp3) is 0.125. The van der Waals surface area contributed by atoms with Crippen LogP contribution in [-0.4, -0.2) is 14.6 Å². The van der Waals surface area contributed by atoms with Gasteiger partial charge in [0.2, 0.25) is 0 Å². The van der Waals surface area contributed by atoms with Crippen molar-refractivity contribution in [2.24, 2.45) is 0 Å². The van der Waals surface area contributed by atoms with Gasteiger partial charge in [0.25, 0.3) is 0 Å². The highest BCUT2D eigenvalue weighted by atomic mass is 19.1. The van der Waals surface area contributed by atoms with Crippen LogP contribution in [0.2, 0.25) is 0 Å². The summed E-state index contributed by atoms with van der Waals surface area (Å²) in [6, 6.07) is 10.2. The molecule has 1 aromatic carbocycles. The van der Waals surface area contributed by atoms with Crippen molar-refractivity contribution in [3.8, 4) is 0 Å². The van der Waals surface area contributed by atoms with Gasteiger partial charge in [-0.15, -0.1) is 5.10 Å². The van der Waals surface area contributed by atoms with Gasteiger partial charge >= 0.3 is 0 Å². The largest absolute Gasteiger partial charge is 0.365 e. The quantitative estimate of drug-likeness (QED) is 0.796. The van der Waals surface area contributed by atoms with E-state index in [1.807, 2.05) is 31.2 Å². The van der Waals surface area contributed by atoms with Gasteiger partial charge in [-0.1, -0.05) is 18.2 Å². The molecule has 0 atom stereocenters. The van der Waals surface area contributed by atoms with Crippen LogP contribution in [0.25, 0.3) is 11.7 Å². The van der Waals surface area contributed by atoms with Crippen molar-refractivity contribution in [1.82, 2.24) is 14.6 Å². The van der Waals surface area contributed by atoms with Gasteiger partial charge in [0.1, 0.15) is 11.6 Å². The maximum absolute atomic E-state index is 12.9. The predicted octanol–water partition coefficient (Wildman–Crippen LogP) is 3.51. The molecule has 21 heavy (non-hydrogen) atoms. The summed E-state index contributed by atoms with van der Waals surface area (Å²) in [5.41, 5.74) is 2.73. The molecule has 0 saturated carbocycles. The zero-order chi connectivity index (χ0) is 14.7. The highest BCUT2D eigenvalue weighted by molar-refractivity contribution is 5.53. The van der Waals surface area contributed by atoms with Gasteiger partial charge in [-0.05, 0) is 42.8 Å². The van der Waals surface area contributed by atoms with Gasteiger partial charge in [-0.3, -0.25) is 0 Å². The summed E-state index contributed by atoms with van der Waals surface area (Å²) in [4.78, 5) is 4.29. The molecule has 1 N–H and O–H groups in total. The molecular weight excluding hydrogens is 267 g/mol. The molecule has 2 heterocycles. The lowest BCUT2D eigenvalue weighted by molar-refractivity contribution is 0.627. The minimum atomic E-state index is -0.229. The Bertz CT molecular complexity index is 775. The minimum Gasteiger partial charge on any atom is -0.365 e. The number of rotatable bonds is 4. The number of halogens is 1. The first-order valence-corrected chi connectivity index (χ1v) is 6.72. The first-order valence-electron chi connectivity index (χ1n) is 6.72. The van der Waals surface area contributed by atoms with Crippen LogP contribution < -0.4 is 5.32 Å². The maximum atomic E-state index is 12.9. The van der Waals surface area contributed by atoms with E-state index in [0.29, 0.717) is 6.54 Å². The Morgan fingerprint density at radius 2 is 2.00 bits per heavy atom. The van der Waals surface area contributed by atoms with E-state index in [4.69, 9.17) is 0 Å². The van der Waals surface area contributed by atoms with E-state index in [9.17, 15) is 4.39 Å². The molecule has 0 spiro atoms. The van der Waals surface area contributed by atoms with Crippen LogP contribution in [0, 0.1) is 5.82 Å². The SMILES string of the molecule is C/C=C/c1cnc2ccc(NCc3ccc(F)cc3)nn12. The standard InChI is InChI=1S/C16H15FN4/c1-2-3-14-11-19-16-9-8-15(20-21(14)16)18-10-12-4-6-13(17)7-5-12/h2-9,11H,10H2,1H3,(H,18,20)/b3-2+. The first kappa shape index (κ1) is 13.3. The second-order valence-electron chi connectivity index (χ2n) is 4.65. The Hall–Kier alpha value is -2.69. The molecule has 0 aliphatic heterocycles. The molecule has 0 fully saturated rings. The molecule has 0 amide bonds. The molecule has 4 nitrogen and oxygen atoms in total. The van der Waals surface area contributed by atoms with E-state index < -0.39 is 0 Å². The van der Waals surface area contributed by atoms with Crippen LogP contribution in [0.3, 0.4) is 0 Å². The van der Waals surface area contributed by atoms with E-state index in [-0.39, 0.29) is 5.82 Å². The highest BCUT2D eigenvalue weighted by Crippen LogP contribution is 2.12. The molecule has 0 saturated heterocycles. The van der Waals surface area contributed by atoms with Crippen LogP contribution in [0.15, 0.2) is 48.7 Å². The Kier molecular flexibility index (Phi) is 3.64. The Labute approximate surface area is 121 Å². The highest BCUT2D eigenvalue weighted by Gasteiger charge is 2.03. The molecule has 3 rings (SSSR count). The van der Waals surface area contributed by atoms with Gasteiger partial charge in [-0.2, -0.15) is 0 Å². The van der Waals surface area contributed by atoms with E-state index >= 15 is 0 Å². The third-order valence-corrected chi connectivity index (χ3v) is 3.11. The number of aromatic nitrogens is 3. The smallest absolute Gasteiger partial charge is 0.154 e. The molecule has 0 unspecified atom stereocenters. The molecular formula is C16H15FN4. The predicted molar refractivity (Wildman–Crippen MR) is 81.4 cm³/mol. The third kappa shape index (κ3) is 2.91. The molecule has 0 aliphatic carbocycles. The molecule has 0 bridgehead atoms. The Morgan fingerprint density at radius 3 is 2.76 bits per heavy atom. The molecule has 0 aliphatic rings. The second-order valence-corrected chi connectivity index (χ2v) is 4.65. The maximum Gasteiger partial charge on any atom is 0.154 e. The van der Waals surface area contributed by atoms with Crippen LogP contribution in [-0.2, 0) is 6.54 Å². The van der Waals surface area contributed by atoms with Crippen molar-refractivity contribution >= 4 is 17.5 Å². The Balaban J connectivity index is 1.80. The topological polar surface area (TPSA) is 42.2 Å². The number of imidazole rings is 1. The minimum absolute atomic E-state index is 0.229. The Morgan fingerprint density at radius 1 is 1.19 bits per heavy atom. The number of nitrogens with one attached hydrogen (secondary N) is 1. The van der Waals surface area contributed by atoms with Crippen LogP contribution in [0.1, 0.15) is 18.2 Å². The lowest BCUT2D eigenvalue weighted by Gasteiger charge is -2.06. The second kappa shape index (κ2) is 5.75. The molecule has 2 aromatic heterocycles. The van der Waals surface area contributed by atoms with E-state index in [2.05, 4.69) is 15.4 Å². The van der Waals surface area contributed by atoms with Gasteiger partial charge < -0.3 is 5.32 Å². The molecule has 0 radical (unpaired) electrons. The summed E-state index contributed by atoms with van der Waals surface area (Å²) in [5, 5.41) is 7.73. The average Bonchev–Trinajstić information content (AvgIpc) is 2.90. The van der Waals surface area contributed by atoms with E-state index in [0.717, 1.165) is 22.7 Å². The fourth-order valence-corrected chi connectivity index (χ4v) is 2.06. The normalized spacial score (nSPS) is 11.3. The fourth-order valence-electron chi connectivity index (χ4n) is 2.06. The number of hydrogen-bond acceptors (Lipinski definition) is 3. The lowest BCUT2D eigenvalue weighted by atomic mass is 10.2. The molecule has 5 heteroatoms. The number of fused-ring (bicyclic) bond motifs is 1. The molecule has 106 valence electrons. The third-order valence-electron chi connectivity index (χ3n) is 3.11. The van der Waals surface area contributed by atoms with Gasteiger partial charge in [0, 0.05) is 6.54 Å². The monoisotopic (exact) mass is 282 g/mol. The van der Waals surface area contributed by atoms with Crippen LogP contribution in [0.5, 0.6) is 0 Å². The summed E-state index contributed by atoms with van der Waals surface area (Å²) >= 11 is 0. The number of hydrogen-bond donors (Lipinski definition) is 1. The first-order chi connectivity index (χ1) is 10.3. The van der Waals surface area contributed by atoms with Crippen molar-refractivity contribution in [2.75, 3.05) is 5.32 Å². The summed E-state index contributed by atoms with van der Waals surface area (Å²) < 4.78 is 14.6. The summed E-state index contributed by atoms with van der Waals surface area (Å²) in [5.74, 6) is 0.517. The summed E-state index contributed by atoms with van der Waals surface area (Å²) in [6.45, 7) is 2.54. The summed E-state index contributed by atoms with van der Waals surface area (Å²) in [7, 11) is 0. The van der Waals surface area contributed by atoms with Crippen molar-refractivity contribution in [2.45, 2.75) is 13.5 Å². The number of anilines is 1. The lowest BCUT2D eigenvalue weighted by Crippen LogP contribution is -2.04. The number of benzene rings is 1. The van der Waals surface area contributed by atoms with Crippen molar-refractivity contribution in [3.05, 3.63) is 65.7 Å². The van der Waals surface area contributed by atoms with Crippen molar-refractivity contribution in [3.63, 3.8) is 0 Å². The molecule has 3 aromatic rings. The zero-order valence-electron chi connectivity index (χ0n) is 11.6. The van der Waals surface area contributed by atoms with Gasteiger partial charge in [-0.25, -0.2) is 13.9 Å². The summed E-state index contributed by atoms with van der Waals surface area (Å²) in [6.07, 6.45) is 5.69. The van der Waals surface area contributed by atoms with Crippen LogP contribution >= 0.6 is 0 Å². The average molecular weight is 282 g/mol. The van der Waals surface area contributed by atoms with Gasteiger partial charge in [0.05, 0.1) is 11.9 Å². The number of nitrogens with zero attached hydrogens (tertiary/aromatic N) is 3. The number of allylic oxidation sites excluding steroid dienone is 1.